The molecule has 2 rings (SSSR count). The fraction of sp³-hybridized carbons (Fsp3) is 0. The number of carboxylic acids is 1. The van der Waals surface area contributed by atoms with Gasteiger partial charge in [-0.1, -0.05) is 6.07 Å². The van der Waals surface area contributed by atoms with Crippen molar-refractivity contribution in [2.45, 2.75) is 0 Å². The summed E-state index contributed by atoms with van der Waals surface area (Å²) in [7, 11) is 0. The van der Waals surface area contributed by atoms with Crippen molar-refractivity contribution in [3.05, 3.63) is 58.0 Å². The van der Waals surface area contributed by atoms with Gasteiger partial charge >= 0.3 is 5.97 Å². The summed E-state index contributed by atoms with van der Waals surface area (Å²) in [6.45, 7) is 0. The van der Waals surface area contributed by atoms with Gasteiger partial charge in [-0.25, -0.2) is 9.18 Å². The van der Waals surface area contributed by atoms with Crippen molar-refractivity contribution in [1.82, 2.24) is 0 Å². The molecular weight excluding hydrogens is 632 g/mol. The zero-order valence-electron chi connectivity index (χ0n) is 10.5. The normalized spacial score (nSPS) is 10.4. The van der Waals surface area contributed by atoms with E-state index in [2.05, 4.69) is 22.6 Å². The molecular formula is C14H5FI3O4-. The molecule has 0 radical (unpaired) electrons. The maximum Gasteiger partial charge on any atom is 0.345 e. The van der Waals surface area contributed by atoms with E-state index < -0.39 is 29.1 Å². The number of hydrogen-bond acceptors (Lipinski definition) is 4. The van der Waals surface area contributed by atoms with E-state index in [0.717, 1.165) is 15.7 Å². The molecule has 0 saturated carbocycles. The van der Waals surface area contributed by atoms with Crippen molar-refractivity contribution in [1.29, 1.82) is 0 Å². The Kier molecular flexibility index (Phi) is 5.99. The largest absolute Gasteiger partial charge is 0.545 e. The molecule has 2 aromatic rings. The quantitative estimate of drug-likeness (QED) is 0.295. The van der Waals surface area contributed by atoms with E-state index in [0.29, 0.717) is 7.14 Å². The lowest BCUT2D eigenvalue weighted by atomic mass is 10.2. The summed E-state index contributed by atoms with van der Waals surface area (Å²) < 4.78 is 21.0. The number of benzene rings is 2. The van der Waals surface area contributed by atoms with Crippen LogP contribution in [0.1, 0.15) is 20.7 Å². The van der Waals surface area contributed by atoms with Crippen LogP contribution in [0.5, 0.6) is 5.75 Å². The summed E-state index contributed by atoms with van der Waals surface area (Å²) in [6, 6.07) is 6.86. The molecule has 0 unspecified atom stereocenters. The minimum Gasteiger partial charge on any atom is -0.545 e. The Morgan fingerprint density at radius 2 is 1.68 bits per heavy atom. The van der Waals surface area contributed by atoms with Crippen molar-refractivity contribution in [3.63, 3.8) is 0 Å². The smallest absolute Gasteiger partial charge is 0.345 e. The minimum atomic E-state index is -1.62. The van der Waals surface area contributed by atoms with Crippen molar-refractivity contribution in [2.75, 3.05) is 0 Å². The lowest BCUT2D eigenvalue weighted by Gasteiger charge is -2.13. The van der Waals surface area contributed by atoms with Gasteiger partial charge in [-0.2, -0.15) is 0 Å². The van der Waals surface area contributed by atoms with Crippen molar-refractivity contribution >= 4 is 79.7 Å². The lowest BCUT2D eigenvalue weighted by Crippen LogP contribution is -2.24. The van der Waals surface area contributed by atoms with Gasteiger partial charge in [-0.15, -0.1) is 0 Å². The molecule has 0 heterocycles. The Morgan fingerprint density at radius 1 is 1.09 bits per heavy atom. The molecule has 0 bridgehead atoms. The summed E-state index contributed by atoms with van der Waals surface area (Å²) in [5, 5.41) is 11.0. The average Bonchev–Trinajstić information content (AvgIpc) is 2.39. The number of rotatable bonds is 3. The molecule has 0 aromatic heterocycles. The third kappa shape index (κ3) is 3.88. The second-order valence-electron chi connectivity index (χ2n) is 4.04. The summed E-state index contributed by atoms with van der Waals surface area (Å²) in [5.74, 6) is -4.02. The highest BCUT2D eigenvalue weighted by Gasteiger charge is 2.21. The van der Waals surface area contributed by atoms with Crippen LogP contribution in [0.25, 0.3) is 0 Å². The second-order valence-corrected chi connectivity index (χ2v) is 7.61. The third-order valence-electron chi connectivity index (χ3n) is 2.59. The molecule has 0 N–H and O–H groups in total. The third-order valence-corrected chi connectivity index (χ3v) is 4.92. The number of carboxylic acid groups (broad SMARTS) is 1. The number of para-hydroxylation sites is 1. The lowest BCUT2D eigenvalue weighted by molar-refractivity contribution is -0.255. The molecule has 22 heavy (non-hydrogen) atoms. The van der Waals surface area contributed by atoms with Gasteiger partial charge in [0.1, 0.15) is 0 Å². The highest BCUT2D eigenvalue weighted by Crippen LogP contribution is 2.27. The summed E-state index contributed by atoms with van der Waals surface area (Å²) in [5.41, 5.74) is -0.252. The van der Waals surface area contributed by atoms with Crippen molar-refractivity contribution in [2.24, 2.45) is 0 Å². The number of aromatic carboxylic acids is 1. The van der Waals surface area contributed by atoms with Gasteiger partial charge in [0.25, 0.3) is 0 Å². The molecule has 0 amide bonds. The van der Waals surface area contributed by atoms with Gasteiger partial charge in [-0.05, 0) is 92.0 Å². The zero-order chi connectivity index (χ0) is 16.4. The number of carbonyl (C=O) groups is 2. The van der Waals surface area contributed by atoms with Crippen LogP contribution in [0.15, 0.2) is 30.3 Å². The molecule has 4 nitrogen and oxygen atoms in total. The van der Waals surface area contributed by atoms with Crippen LogP contribution in [0.2, 0.25) is 0 Å². The molecule has 0 aliphatic heterocycles. The zero-order valence-corrected chi connectivity index (χ0v) is 17.0. The summed E-state index contributed by atoms with van der Waals surface area (Å²) in [6.07, 6.45) is 0. The molecule has 2 aromatic carbocycles. The van der Waals surface area contributed by atoms with Gasteiger partial charge < -0.3 is 14.6 Å². The van der Waals surface area contributed by atoms with Crippen LogP contribution in [-0.4, -0.2) is 11.9 Å². The van der Waals surface area contributed by atoms with Crippen LogP contribution in [-0.2, 0) is 0 Å². The second kappa shape index (κ2) is 7.38. The number of carbonyl (C=O) groups excluding carboxylic acids is 2. The van der Waals surface area contributed by atoms with Crippen molar-refractivity contribution in [3.8, 4) is 5.75 Å². The van der Waals surface area contributed by atoms with Gasteiger partial charge in [-0.3, -0.25) is 0 Å². The van der Waals surface area contributed by atoms with Crippen molar-refractivity contribution < 1.29 is 23.8 Å². The Bertz CT molecular complexity index is 754. The molecule has 0 saturated heterocycles. The predicted molar refractivity (Wildman–Crippen MR) is 100 cm³/mol. The summed E-state index contributed by atoms with van der Waals surface area (Å²) >= 11 is 6.04. The highest BCUT2D eigenvalue weighted by atomic mass is 127. The molecule has 0 aliphatic rings. The first kappa shape index (κ1) is 17.8. The van der Waals surface area contributed by atoms with Gasteiger partial charge in [0.05, 0.1) is 11.5 Å². The predicted octanol–water partition coefficient (Wildman–Crippen LogP) is 3.22. The van der Waals surface area contributed by atoms with E-state index in [1.54, 1.807) is 12.1 Å². The standard InChI is InChI=1S/C14H6FI3O4/c15-8-3-1-2-7(13(19)20)12(8)22-14(21)11-9(17)4-6(16)5-10(11)18/h1-5H,(H,19,20)/p-1. The number of esters is 1. The van der Waals surface area contributed by atoms with E-state index in [4.69, 9.17) is 4.74 Å². The van der Waals surface area contributed by atoms with Gasteiger partial charge in [0.15, 0.2) is 11.6 Å². The van der Waals surface area contributed by atoms with E-state index in [9.17, 15) is 19.1 Å². The van der Waals surface area contributed by atoms with Crippen LogP contribution < -0.4 is 9.84 Å². The number of halogens is 4. The SMILES string of the molecule is O=C([O-])c1cccc(F)c1OC(=O)c1c(I)cc(I)cc1I. The Balaban J connectivity index is 2.45. The fourth-order valence-electron chi connectivity index (χ4n) is 1.65. The van der Waals surface area contributed by atoms with E-state index in [1.807, 2.05) is 45.2 Å². The highest BCUT2D eigenvalue weighted by molar-refractivity contribution is 14.1. The van der Waals surface area contributed by atoms with E-state index in [-0.39, 0.29) is 5.56 Å². The molecule has 0 atom stereocenters. The average molecular weight is 637 g/mol. The monoisotopic (exact) mass is 637 g/mol. The molecule has 0 spiro atoms. The van der Waals surface area contributed by atoms with Crippen LogP contribution in [0, 0.1) is 16.5 Å². The molecule has 114 valence electrons. The first-order chi connectivity index (χ1) is 10.3. The Morgan fingerprint density at radius 3 is 2.23 bits per heavy atom. The number of hydrogen-bond donors (Lipinski definition) is 0. The molecule has 0 aliphatic carbocycles. The van der Waals surface area contributed by atoms with E-state index >= 15 is 0 Å². The van der Waals surface area contributed by atoms with Crippen LogP contribution >= 0.6 is 67.8 Å². The van der Waals surface area contributed by atoms with Gasteiger partial charge in [0, 0.05) is 16.3 Å². The van der Waals surface area contributed by atoms with Crippen LogP contribution in [0.3, 0.4) is 0 Å². The topological polar surface area (TPSA) is 66.4 Å². The maximum atomic E-state index is 13.8. The maximum absolute atomic E-state index is 13.8. The minimum absolute atomic E-state index is 0.258. The molecule has 0 fully saturated rings. The first-order valence-electron chi connectivity index (χ1n) is 5.68. The Labute approximate surface area is 165 Å². The number of ether oxygens (including phenoxy) is 1. The first-order valence-corrected chi connectivity index (χ1v) is 8.91. The van der Waals surface area contributed by atoms with E-state index in [1.165, 1.54) is 6.07 Å². The fourth-order valence-corrected chi connectivity index (χ4v) is 5.68. The van der Waals surface area contributed by atoms with Crippen LogP contribution in [0.4, 0.5) is 4.39 Å². The van der Waals surface area contributed by atoms with Gasteiger partial charge in [0.2, 0.25) is 0 Å². The molecule has 8 heteroatoms. The Hall–Kier alpha value is -0.500. The summed E-state index contributed by atoms with van der Waals surface area (Å²) in [4.78, 5) is 23.3.